The van der Waals surface area contributed by atoms with Crippen LogP contribution in [-0.4, -0.2) is 30.4 Å². The number of carbonyl (C=O) groups excluding carboxylic acids is 2. The Morgan fingerprint density at radius 2 is 1.75 bits per heavy atom. The third-order valence-electron chi connectivity index (χ3n) is 7.01. The van der Waals surface area contributed by atoms with Crippen molar-refractivity contribution in [3.63, 3.8) is 0 Å². The van der Waals surface area contributed by atoms with Crippen molar-refractivity contribution < 1.29 is 23.8 Å². The van der Waals surface area contributed by atoms with Crippen molar-refractivity contribution in [2.24, 2.45) is 5.92 Å². The Hall–Kier alpha value is -2.83. The Balaban J connectivity index is 1.75. The first-order chi connectivity index (χ1) is 17.4. The first-order valence-electron chi connectivity index (χ1n) is 13.6. The molecule has 3 rings (SSSR count). The smallest absolute Gasteiger partial charge is 0.450 e. The minimum atomic E-state index is -0.737. The number of rotatable bonds is 12. The fourth-order valence-electron chi connectivity index (χ4n) is 5.39. The average Bonchev–Trinajstić information content (AvgIpc) is 2.83. The molecule has 0 fully saturated rings. The lowest BCUT2D eigenvalue weighted by atomic mass is 9.63. The predicted octanol–water partition coefficient (Wildman–Crippen LogP) is 7.15. The van der Waals surface area contributed by atoms with Crippen LogP contribution >= 0.6 is 0 Å². The minimum absolute atomic E-state index is 0.106. The summed E-state index contributed by atoms with van der Waals surface area (Å²) in [6.45, 7) is 9.15. The lowest BCUT2D eigenvalue weighted by molar-refractivity contribution is 0.0956. The highest BCUT2D eigenvalue weighted by atomic mass is 16.7. The molecule has 36 heavy (non-hydrogen) atoms. The summed E-state index contributed by atoms with van der Waals surface area (Å²) in [5, 5.41) is 3.20. The van der Waals surface area contributed by atoms with E-state index in [1.54, 1.807) is 6.07 Å². The van der Waals surface area contributed by atoms with E-state index < -0.39 is 17.8 Å². The van der Waals surface area contributed by atoms with E-state index in [-0.39, 0.29) is 11.8 Å². The molecule has 1 N–H and O–H groups in total. The molecule has 0 radical (unpaired) electrons. The van der Waals surface area contributed by atoms with Gasteiger partial charge in [0.2, 0.25) is 5.88 Å². The van der Waals surface area contributed by atoms with Gasteiger partial charge in [0.1, 0.15) is 0 Å². The van der Waals surface area contributed by atoms with Crippen LogP contribution in [0, 0.1) is 5.92 Å². The zero-order valence-corrected chi connectivity index (χ0v) is 22.4. The van der Waals surface area contributed by atoms with Crippen LogP contribution in [0.25, 0.3) is 0 Å². The molecule has 198 valence electrons. The topological polar surface area (TPSA) is 86.8 Å². The van der Waals surface area contributed by atoms with Gasteiger partial charge in [0, 0.05) is 24.0 Å². The van der Waals surface area contributed by atoms with E-state index in [1.165, 1.54) is 5.57 Å². The second kappa shape index (κ2) is 13.5. The van der Waals surface area contributed by atoms with Gasteiger partial charge in [-0.3, -0.25) is 0 Å². The van der Waals surface area contributed by atoms with Gasteiger partial charge < -0.3 is 19.5 Å². The maximum atomic E-state index is 12.9. The highest BCUT2D eigenvalue weighted by Crippen LogP contribution is 2.50. The number of hydrogen-bond donors (Lipinski definition) is 1. The van der Waals surface area contributed by atoms with Gasteiger partial charge in [0.15, 0.2) is 0 Å². The van der Waals surface area contributed by atoms with Crippen molar-refractivity contribution in [2.75, 3.05) is 13.2 Å². The Labute approximate surface area is 215 Å². The first kappa shape index (κ1) is 27.8. The number of pyridine rings is 1. The average molecular weight is 499 g/mol. The second-order valence-corrected chi connectivity index (χ2v) is 9.88. The van der Waals surface area contributed by atoms with Crippen LogP contribution in [0.4, 0.5) is 9.59 Å². The maximum absolute atomic E-state index is 12.9. The van der Waals surface area contributed by atoms with Gasteiger partial charge in [-0.25, -0.2) is 14.6 Å². The fraction of sp³-hybridized carbons (Fsp3) is 0.621. The maximum Gasteiger partial charge on any atom is 0.515 e. The molecule has 0 saturated carbocycles. The molecule has 2 unspecified atom stereocenters. The van der Waals surface area contributed by atoms with Gasteiger partial charge in [-0.15, -0.1) is 0 Å². The molecule has 2 bridgehead atoms. The molecular weight excluding hydrogens is 456 g/mol. The van der Waals surface area contributed by atoms with Gasteiger partial charge in [-0.05, 0) is 44.7 Å². The number of ether oxygens (including phenoxy) is 3. The van der Waals surface area contributed by atoms with Gasteiger partial charge in [-0.2, -0.15) is 0 Å². The molecule has 0 spiro atoms. The Morgan fingerprint density at radius 3 is 2.42 bits per heavy atom. The summed E-state index contributed by atoms with van der Waals surface area (Å²) in [5.74, 6) is 0.318. The lowest BCUT2D eigenvalue weighted by Gasteiger charge is -2.47. The van der Waals surface area contributed by atoms with E-state index in [0.29, 0.717) is 26.1 Å². The first-order valence-corrected chi connectivity index (χ1v) is 13.6. The zero-order chi connectivity index (χ0) is 26.0. The number of aromatic nitrogens is 1. The monoisotopic (exact) mass is 498 g/mol. The number of nitrogens with zero attached hydrogens (tertiary/aromatic N) is 1. The molecule has 1 aromatic heterocycles. The van der Waals surface area contributed by atoms with Gasteiger partial charge in [-0.1, -0.05) is 70.1 Å². The second-order valence-electron chi connectivity index (χ2n) is 9.88. The molecule has 0 aromatic carbocycles. The standard InChI is InChI=1S/C29H42N2O5/c1-5-8-10-12-16-34-27(32)31-29-20-21(4)18-22(23(29)7-3)19-25-24(29)14-15-26(30-25)36-28(33)35-17-13-11-9-6-2/h7,14-15,18,22H,5-6,8-13,16-17,19-20H2,1-4H3,(H,31,32). The van der Waals surface area contributed by atoms with Crippen LogP contribution in [0.3, 0.4) is 0 Å². The lowest BCUT2D eigenvalue weighted by Crippen LogP contribution is -2.53. The van der Waals surface area contributed by atoms with Crippen LogP contribution in [0.15, 0.2) is 35.4 Å². The molecule has 1 heterocycles. The Kier molecular flexibility index (Phi) is 10.4. The fourth-order valence-corrected chi connectivity index (χ4v) is 5.39. The third-order valence-corrected chi connectivity index (χ3v) is 7.01. The summed E-state index contributed by atoms with van der Waals surface area (Å²) in [7, 11) is 0. The molecule has 1 aromatic rings. The highest BCUT2D eigenvalue weighted by molar-refractivity contribution is 5.71. The van der Waals surface area contributed by atoms with Crippen molar-refractivity contribution in [3.05, 3.63) is 46.7 Å². The van der Waals surface area contributed by atoms with E-state index in [1.807, 2.05) is 13.0 Å². The number of alkyl carbamates (subject to hydrolysis) is 1. The molecule has 2 aliphatic carbocycles. The van der Waals surface area contributed by atoms with Gasteiger partial charge in [0.25, 0.3) is 0 Å². The number of unbranched alkanes of at least 4 members (excludes halogenated alkanes) is 6. The highest BCUT2D eigenvalue weighted by Gasteiger charge is 2.48. The van der Waals surface area contributed by atoms with Crippen molar-refractivity contribution in [1.29, 1.82) is 0 Å². The van der Waals surface area contributed by atoms with Crippen LogP contribution in [0.2, 0.25) is 0 Å². The van der Waals surface area contributed by atoms with Crippen molar-refractivity contribution in [2.45, 2.75) is 97.4 Å². The van der Waals surface area contributed by atoms with Crippen LogP contribution in [0.1, 0.15) is 96.7 Å². The molecular formula is C29H42N2O5. The summed E-state index contributed by atoms with van der Waals surface area (Å²) in [4.78, 5) is 29.7. The summed E-state index contributed by atoms with van der Waals surface area (Å²) >= 11 is 0. The molecule has 1 amide bonds. The normalized spacial score (nSPS) is 21.4. The molecule has 0 saturated heterocycles. The predicted molar refractivity (Wildman–Crippen MR) is 140 cm³/mol. The minimum Gasteiger partial charge on any atom is -0.450 e. The van der Waals surface area contributed by atoms with E-state index in [9.17, 15) is 9.59 Å². The molecule has 2 atom stereocenters. The third kappa shape index (κ3) is 6.89. The van der Waals surface area contributed by atoms with E-state index in [4.69, 9.17) is 14.2 Å². The van der Waals surface area contributed by atoms with Gasteiger partial charge in [0.05, 0.1) is 24.4 Å². The summed E-state index contributed by atoms with van der Waals surface area (Å²) in [5.41, 5.74) is 3.36. The van der Waals surface area contributed by atoms with E-state index in [0.717, 1.165) is 68.2 Å². The molecule has 7 heteroatoms. The Bertz CT molecular complexity index is 970. The van der Waals surface area contributed by atoms with Crippen molar-refractivity contribution in [1.82, 2.24) is 10.3 Å². The van der Waals surface area contributed by atoms with Crippen LogP contribution < -0.4 is 10.1 Å². The largest absolute Gasteiger partial charge is 0.515 e. The number of hydrogen-bond acceptors (Lipinski definition) is 6. The number of amides is 1. The number of nitrogens with one attached hydrogen (secondary N) is 1. The molecule has 7 nitrogen and oxygen atoms in total. The summed E-state index contributed by atoms with van der Waals surface area (Å²) in [6, 6.07) is 3.59. The van der Waals surface area contributed by atoms with Crippen molar-refractivity contribution in [3.8, 4) is 5.88 Å². The van der Waals surface area contributed by atoms with Crippen LogP contribution in [-0.2, 0) is 21.4 Å². The molecule has 0 aliphatic heterocycles. The van der Waals surface area contributed by atoms with Crippen LogP contribution in [0.5, 0.6) is 5.88 Å². The number of carbonyl (C=O) groups is 2. The summed E-state index contributed by atoms with van der Waals surface area (Å²) in [6.07, 6.45) is 12.8. The Morgan fingerprint density at radius 1 is 1.06 bits per heavy atom. The van der Waals surface area contributed by atoms with Gasteiger partial charge >= 0.3 is 12.2 Å². The number of allylic oxidation sites excluding steroid dienone is 2. The van der Waals surface area contributed by atoms with E-state index in [2.05, 4.69) is 43.2 Å². The van der Waals surface area contributed by atoms with E-state index >= 15 is 0 Å². The number of fused-ring (bicyclic) bond motifs is 4. The quantitative estimate of drug-likeness (QED) is 0.187. The SMILES string of the molecule is CC=C1C2C=C(C)CC1(NC(=O)OCCCCCC)c1ccc(OC(=O)OCCCCCC)nc1C2. The zero-order valence-electron chi connectivity index (χ0n) is 22.4. The molecule has 2 aliphatic rings. The summed E-state index contributed by atoms with van der Waals surface area (Å²) < 4.78 is 16.1. The van der Waals surface area contributed by atoms with Crippen molar-refractivity contribution >= 4 is 12.2 Å².